The Labute approximate surface area is 128 Å². The van der Waals surface area contributed by atoms with Gasteiger partial charge in [0.2, 0.25) is 0 Å². The predicted molar refractivity (Wildman–Crippen MR) is 84.8 cm³/mol. The maximum absolute atomic E-state index is 5.72. The van der Waals surface area contributed by atoms with E-state index < -0.39 is 0 Å². The molecule has 0 bridgehead atoms. The van der Waals surface area contributed by atoms with E-state index in [0.717, 1.165) is 54.3 Å². The summed E-state index contributed by atoms with van der Waals surface area (Å²) in [6.45, 7) is 4.98. The second-order valence-electron chi connectivity index (χ2n) is 5.20. The van der Waals surface area contributed by atoms with Crippen LogP contribution in [0, 0.1) is 0 Å². The largest absolute Gasteiger partial charge is 0.376 e. The lowest BCUT2D eigenvalue weighted by Gasteiger charge is -2.11. The Morgan fingerprint density at radius 1 is 1.48 bits per heavy atom. The molecule has 2 aromatic heterocycles. The van der Waals surface area contributed by atoms with Crippen molar-refractivity contribution < 1.29 is 9.47 Å². The Balaban J connectivity index is 1.66. The smallest absolute Gasteiger partial charge is 0.158 e. The fourth-order valence-electron chi connectivity index (χ4n) is 2.40. The van der Waals surface area contributed by atoms with Crippen molar-refractivity contribution >= 4 is 27.4 Å². The monoisotopic (exact) mass is 307 g/mol. The van der Waals surface area contributed by atoms with E-state index in [0.29, 0.717) is 13.2 Å². The highest BCUT2D eigenvalue weighted by molar-refractivity contribution is 7.16. The molecular formula is C15H21N3O2S. The fourth-order valence-corrected chi connectivity index (χ4v) is 3.18. The van der Waals surface area contributed by atoms with Gasteiger partial charge in [0.15, 0.2) is 5.82 Å². The van der Waals surface area contributed by atoms with Crippen LogP contribution in [0.1, 0.15) is 32.0 Å². The molecule has 114 valence electrons. The number of fused-ring (bicyclic) bond motifs is 1. The number of ether oxygens (including phenoxy) is 2. The molecule has 1 aliphatic rings. The van der Waals surface area contributed by atoms with E-state index in [2.05, 4.69) is 28.3 Å². The van der Waals surface area contributed by atoms with Crippen molar-refractivity contribution in [2.24, 2.45) is 0 Å². The van der Waals surface area contributed by atoms with Crippen LogP contribution in [0.3, 0.4) is 0 Å². The lowest BCUT2D eigenvalue weighted by Crippen LogP contribution is -2.15. The van der Waals surface area contributed by atoms with Gasteiger partial charge in [0.25, 0.3) is 0 Å². The molecule has 1 saturated heterocycles. The number of hydrogen-bond acceptors (Lipinski definition) is 6. The first-order valence-electron chi connectivity index (χ1n) is 7.54. The van der Waals surface area contributed by atoms with Gasteiger partial charge in [-0.2, -0.15) is 0 Å². The van der Waals surface area contributed by atoms with Gasteiger partial charge in [0, 0.05) is 13.2 Å². The van der Waals surface area contributed by atoms with Gasteiger partial charge >= 0.3 is 0 Å². The lowest BCUT2D eigenvalue weighted by molar-refractivity contribution is 0.00875. The molecule has 0 spiro atoms. The number of nitrogens with one attached hydrogen (secondary N) is 1. The standard InChI is InChI=1S/C15H21N3O2S/c1-2-6-16-14-12-5-8-21-15(12)18-13(17-14)10-19-9-11-4-3-7-20-11/h5,8,11H,2-4,6-7,9-10H2,1H3,(H,16,17,18). The summed E-state index contributed by atoms with van der Waals surface area (Å²) in [5.41, 5.74) is 0. The fraction of sp³-hybridized carbons (Fsp3) is 0.600. The topological polar surface area (TPSA) is 56.3 Å². The maximum atomic E-state index is 5.72. The second-order valence-corrected chi connectivity index (χ2v) is 6.10. The van der Waals surface area contributed by atoms with E-state index >= 15 is 0 Å². The van der Waals surface area contributed by atoms with E-state index in [1.807, 2.05) is 5.38 Å². The van der Waals surface area contributed by atoms with Gasteiger partial charge in [-0.15, -0.1) is 11.3 Å². The van der Waals surface area contributed by atoms with Crippen LogP contribution in [0.4, 0.5) is 5.82 Å². The Morgan fingerprint density at radius 2 is 2.43 bits per heavy atom. The minimum Gasteiger partial charge on any atom is -0.376 e. The Morgan fingerprint density at radius 3 is 3.24 bits per heavy atom. The van der Waals surface area contributed by atoms with Crippen molar-refractivity contribution in [1.29, 1.82) is 0 Å². The molecule has 1 aliphatic heterocycles. The number of rotatable bonds is 7. The molecule has 1 atom stereocenters. The molecule has 6 heteroatoms. The van der Waals surface area contributed by atoms with Crippen LogP contribution < -0.4 is 5.32 Å². The van der Waals surface area contributed by atoms with E-state index in [9.17, 15) is 0 Å². The number of aromatic nitrogens is 2. The SMILES string of the molecule is CCCNc1nc(COCC2CCCO2)nc2sccc12. The third-order valence-corrected chi connectivity index (χ3v) is 4.28. The molecular weight excluding hydrogens is 286 g/mol. The number of thiophene rings is 1. The first-order chi connectivity index (χ1) is 10.4. The molecule has 21 heavy (non-hydrogen) atoms. The maximum Gasteiger partial charge on any atom is 0.158 e. The van der Waals surface area contributed by atoms with Gasteiger partial charge in [-0.25, -0.2) is 9.97 Å². The van der Waals surface area contributed by atoms with Crippen LogP contribution in [0.2, 0.25) is 0 Å². The summed E-state index contributed by atoms with van der Waals surface area (Å²) in [5.74, 6) is 1.65. The van der Waals surface area contributed by atoms with E-state index in [-0.39, 0.29) is 6.10 Å². The van der Waals surface area contributed by atoms with Crippen LogP contribution in [-0.2, 0) is 16.1 Å². The lowest BCUT2D eigenvalue weighted by atomic mass is 10.2. The molecule has 5 nitrogen and oxygen atoms in total. The van der Waals surface area contributed by atoms with Gasteiger partial charge in [-0.3, -0.25) is 0 Å². The van der Waals surface area contributed by atoms with E-state index in [1.165, 1.54) is 0 Å². The first kappa shape index (κ1) is 14.7. The summed E-state index contributed by atoms with van der Waals surface area (Å²) in [6.07, 6.45) is 3.54. The van der Waals surface area contributed by atoms with Gasteiger partial charge in [-0.1, -0.05) is 6.92 Å². The molecule has 3 rings (SSSR count). The summed E-state index contributed by atoms with van der Waals surface area (Å²) >= 11 is 1.64. The van der Waals surface area contributed by atoms with Crippen molar-refractivity contribution in [3.63, 3.8) is 0 Å². The van der Waals surface area contributed by atoms with Crippen molar-refractivity contribution in [1.82, 2.24) is 9.97 Å². The van der Waals surface area contributed by atoms with Crippen molar-refractivity contribution in [2.45, 2.75) is 38.9 Å². The minimum absolute atomic E-state index is 0.244. The summed E-state index contributed by atoms with van der Waals surface area (Å²) in [6, 6.07) is 2.06. The Kier molecular flexibility index (Phi) is 5.00. The molecule has 0 saturated carbocycles. The molecule has 0 aliphatic carbocycles. The number of nitrogens with zero attached hydrogens (tertiary/aromatic N) is 2. The van der Waals surface area contributed by atoms with Crippen LogP contribution in [-0.4, -0.2) is 35.8 Å². The zero-order valence-corrected chi connectivity index (χ0v) is 13.1. The van der Waals surface area contributed by atoms with Gasteiger partial charge in [0.05, 0.1) is 18.1 Å². The molecule has 3 heterocycles. The third kappa shape index (κ3) is 3.70. The van der Waals surface area contributed by atoms with Crippen LogP contribution in [0.25, 0.3) is 10.2 Å². The molecule has 0 radical (unpaired) electrons. The quantitative estimate of drug-likeness (QED) is 0.851. The predicted octanol–water partition coefficient (Wildman–Crippen LogP) is 3.21. The zero-order valence-electron chi connectivity index (χ0n) is 12.3. The van der Waals surface area contributed by atoms with Crippen molar-refractivity contribution in [2.75, 3.05) is 25.1 Å². The normalized spacial score (nSPS) is 18.4. The average Bonchev–Trinajstić information content (AvgIpc) is 3.15. The zero-order chi connectivity index (χ0) is 14.5. The Bertz CT molecular complexity index is 581. The van der Waals surface area contributed by atoms with Crippen molar-refractivity contribution in [3.05, 3.63) is 17.3 Å². The van der Waals surface area contributed by atoms with Crippen LogP contribution >= 0.6 is 11.3 Å². The highest BCUT2D eigenvalue weighted by Gasteiger charge is 2.16. The van der Waals surface area contributed by atoms with Crippen molar-refractivity contribution in [3.8, 4) is 0 Å². The van der Waals surface area contributed by atoms with Gasteiger partial charge < -0.3 is 14.8 Å². The number of hydrogen-bond donors (Lipinski definition) is 1. The summed E-state index contributed by atoms with van der Waals surface area (Å²) in [7, 11) is 0. The molecule has 0 aromatic carbocycles. The molecule has 1 unspecified atom stereocenters. The minimum atomic E-state index is 0.244. The highest BCUT2D eigenvalue weighted by Crippen LogP contribution is 2.25. The van der Waals surface area contributed by atoms with Gasteiger partial charge in [0.1, 0.15) is 17.3 Å². The first-order valence-corrected chi connectivity index (χ1v) is 8.42. The summed E-state index contributed by atoms with van der Waals surface area (Å²) < 4.78 is 11.3. The second kappa shape index (κ2) is 7.15. The van der Waals surface area contributed by atoms with Gasteiger partial charge in [-0.05, 0) is 30.7 Å². The molecule has 1 fully saturated rings. The van der Waals surface area contributed by atoms with Crippen LogP contribution in [0.5, 0.6) is 0 Å². The molecule has 2 aromatic rings. The summed E-state index contributed by atoms with van der Waals surface area (Å²) in [4.78, 5) is 10.2. The van der Waals surface area contributed by atoms with E-state index in [4.69, 9.17) is 9.47 Å². The number of anilines is 1. The molecule has 1 N–H and O–H groups in total. The highest BCUT2D eigenvalue weighted by atomic mass is 32.1. The van der Waals surface area contributed by atoms with E-state index in [1.54, 1.807) is 11.3 Å². The Hall–Kier alpha value is -1.24. The summed E-state index contributed by atoms with van der Waals surface area (Å²) in [5, 5.41) is 6.51. The molecule has 0 amide bonds. The third-order valence-electron chi connectivity index (χ3n) is 3.47. The van der Waals surface area contributed by atoms with Crippen LogP contribution in [0.15, 0.2) is 11.4 Å². The average molecular weight is 307 g/mol.